The summed E-state index contributed by atoms with van der Waals surface area (Å²) in [7, 11) is 1.37. The zero-order valence-electron chi connectivity index (χ0n) is 12.7. The number of hydrogen-bond donors (Lipinski definition) is 0. The van der Waals surface area contributed by atoms with Crippen molar-refractivity contribution in [2.75, 3.05) is 53.0 Å². The van der Waals surface area contributed by atoms with Crippen molar-refractivity contribution in [1.29, 1.82) is 0 Å². The second-order valence-corrected chi connectivity index (χ2v) is 5.23. The van der Waals surface area contributed by atoms with Crippen LogP contribution in [-0.2, 0) is 20.8 Å². The lowest BCUT2D eigenvalue weighted by Gasteiger charge is -2.34. The first-order chi connectivity index (χ1) is 10.3. The number of ether oxygens (including phenoxy) is 2. The van der Waals surface area contributed by atoms with Gasteiger partial charge in [-0.25, -0.2) is 4.79 Å². The van der Waals surface area contributed by atoms with Gasteiger partial charge >= 0.3 is 5.97 Å². The van der Waals surface area contributed by atoms with Gasteiger partial charge in [0.15, 0.2) is 0 Å². The van der Waals surface area contributed by atoms with Crippen LogP contribution in [0.4, 0.5) is 0 Å². The maximum Gasteiger partial charge on any atom is 0.331 e. The summed E-state index contributed by atoms with van der Waals surface area (Å²) in [5.41, 5.74) is 1.37. The summed E-state index contributed by atoms with van der Waals surface area (Å²) >= 11 is 0. The molecule has 0 aromatic heterocycles. The zero-order chi connectivity index (χ0) is 14.9. The van der Waals surface area contributed by atoms with Crippen LogP contribution in [0.15, 0.2) is 30.3 Å². The molecule has 5 heteroatoms. The summed E-state index contributed by atoms with van der Waals surface area (Å²) in [5, 5.41) is 0. The van der Waals surface area contributed by atoms with Crippen molar-refractivity contribution in [1.82, 2.24) is 9.80 Å². The van der Waals surface area contributed by atoms with E-state index in [1.165, 1.54) is 12.7 Å². The minimum atomic E-state index is -0.317. The Morgan fingerprint density at radius 2 is 1.76 bits per heavy atom. The molecule has 5 nitrogen and oxygen atoms in total. The molecular weight excluding hydrogens is 268 g/mol. The third-order valence-corrected chi connectivity index (χ3v) is 3.71. The molecule has 0 N–H and O–H groups in total. The highest BCUT2D eigenvalue weighted by Crippen LogP contribution is 2.08. The smallest absolute Gasteiger partial charge is 0.331 e. The number of esters is 1. The van der Waals surface area contributed by atoms with Crippen LogP contribution in [0.5, 0.6) is 0 Å². The summed E-state index contributed by atoms with van der Waals surface area (Å²) < 4.78 is 9.81. The highest BCUT2D eigenvalue weighted by molar-refractivity contribution is 5.70. The fourth-order valence-corrected chi connectivity index (χ4v) is 2.42. The normalized spacial score (nSPS) is 16.8. The molecule has 0 bridgehead atoms. The molecule has 1 saturated heterocycles. The molecule has 1 aliphatic rings. The van der Waals surface area contributed by atoms with Gasteiger partial charge in [-0.3, -0.25) is 9.80 Å². The Bertz CT molecular complexity index is 417. The lowest BCUT2D eigenvalue weighted by atomic mass is 10.2. The van der Waals surface area contributed by atoms with Gasteiger partial charge in [-0.15, -0.1) is 0 Å². The molecule has 0 atom stereocenters. The van der Waals surface area contributed by atoms with Gasteiger partial charge in [0.25, 0.3) is 0 Å². The molecule has 2 rings (SSSR count). The van der Waals surface area contributed by atoms with E-state index in [0.29, 0.717) is 6.61 Å². The fourth-order valence-electron chi connectivity index (χ4n) is 2.42. The largest absolute Gasteiger partial charge is 0.467 e. The van der Waals surface area contributed by atoms with E-state index in [0.717, 1.165) is 39.3 Å². The molecule has 0 unspecified atom stereocenters. The monoisotopic (exact) mass is 292 g/mol. The van der Waals surface area contributed by atoms with Crippen molar-refractivity contribution in [3.05, 3.63) is 35.9 Å². The Morgan fingerprint density at radius 3 is 2.43 bits per heavy atom. The SMILES string of the molecule is COC(=O)COCCN1CCN(Cc2ccccc2)CC1. The van der Waals surface area contributed by atoms with Crippen LogP contribution in [0.2, 0.25) is 0 Å². The van der Waals surface area contributed by atoms with E-state index in [-0.39, 0.29) is 12.6 Å². The van der Waals surface area contributed by atoms with Crippen molar-refractivity contribution in [3.63, 3.8) is 0 Å². The molecule has 0 aliphatic carbocycles. The Hall–Kier alpha value is -1.43. The highest BCUT2D eigenvalue weighted by Gasteiger charge is 2.16. The second-order valence-electron chi connectivity index (χ2n) is 5.23. The van der Waals surface area contributed by atoms with Crippen LogP contribution in [0.3, 0.4) is 0 Å². The molecule has 0 radical (unpaired) electrons. The molecule has 1 heterocycles. The predicted molar refractivity (Wildman–Crippen MR) is 81.0 cm³/mol. The van der Waals surface area contributed by atoms with Crippen molar-refractivity contribution < 1.29 is 14.3 Å². The Labute approximate surface area is 126 Å². The quantitative estimate of drug-likeness (QED) is 0.554. The topological polar surface area (TPSA) is 42.0 Å². The number of methoxy groups -OCH3 is 1. The summed E-state index contributed by atoms with van der Waals surface area (Å²) in [4.78, 5) is 15.8. The van der Waals surface area contributed by atoms with Gasteiger partial charge in [-0.05, 0) is 5.56 Å². The first kappa shape index (κ1) is 15.9. The average molecular weight is 292 g/mol. The van der Waals surface area contributed by atoms with Gasteiger partial charge in [0.05, 0.1) is 13.7 Å². The summed E-state index contributed by atoms with van der Waals surface area (Å²) in [5.74, 6) is -0.317. The number of benzene rings is 1. The van der Waals surface area contributed by atoms with Crippen LogP contribution >= 0.6 is 0 Å². The Morgan fingerprint density at radius 1 is 1.10 bits per heavy atom. The van der Waals surface area contributed by atoms with Gasteiger partial charge < -0.3 is 9.47 Å². The number of rotatable bonds is 7. The molecule has 0 spiro atoms. The van der Waals surface area contributed by atoms with Gasteiger partial charge in [0.1, 0.15) is 6.61 Å². The van der Waals surface area contributed by atoms with E-state index in [2.05, 4.69) is 44.9 Å². The Balaban J connectivity index is 1.59. The minimum absolute atomic E-state index is 0.0461. The standard InChI is InChI=1S/C16H24N2O3/c1-20-16(19)14-21-12-11-17-7-9-18(10-8-17)13-15-5-3-2-4-6-15/h2-6H,7-14H2,1H3. The lowest BCUT2D eigenvalue weighted by molar-refractivity contribution is -0.146. The first-order valence-electron chi connectivity index (χ1n) is 7.41. The number of carbonyl (C=O) groups is 1. The molecule has 1 fully saturated rings. The molecule has 1 aliphatic heterocycles. The number of piperazine rings is 1. The fraction of sp³-hybridized carbons (Fsp3) is 0.562. The molecule has 1 aromatic carbocycles. The summed E-state index contributed by atoms with van der Waals surface area (Å²) in [6, 6.07) is 10.6. The maximum absolute atomic E-state index is 10.9. The molecule has 1 aromatic rings. The second kappa shape index (κ2) is 8.77. The third kappa shape index (κ3) is 5.83. The van der Waals surface area contributed by atoms with Crippen molar-refractivity contribution in [2.45, 2.75) is 6.54 Å². The molecular formula is C16H24N2O3. The van der Waals surface area contributed by atoms with Crippen LogP contribution in [-0.4, -0.2) is 68.8 Å². The van der Waals surface area contributed by atoms with E-state index in [9.17, 15) is 4.79 Å². The number of nitrogens with zero attached hydrogens (tertiary/aromatic N) is 2. The maximum atomic E-state index is 10.9. The summed E-state index contributed by atoms with van der Waals surface area (Å²) in [6.45, 7) is 6.77. The first-order valence-corrected chi connectivity index (χ1v) is 7.41. The van der Waals surface area contributed by atoms with Gasteiger partial charge in [-0.2, -0.15) is 0 Å². The van der Waals surface area contributed by atoms with Crippen LogP contribution < -0.4 is 0 Å². The van der Waals surface area contributed by atoms with Gasteiger partial charge in [0.2, 0.25) is 0 Å². The zero-order valence-corrected chi connectivity index (χ0v) is 12.7. The molecule has 0 amide bonds. The van der Waals surface area contributed by atoms with Crippen LogP contribution in [0, 0.1) is 0 Å². The predicted octanol–water partition coefficient (Wildman–Crippen LogP) is 0.994. The van der Waals surface area contributed by atoms with Crippen molar-refractivity contribution >= 4 is 5.97 Å². The average Bonchev–Trinajstić information content (AvgIpc) is 2.54. The lowest BCUT2D eigenvalue weighted by Crippen LogP contribution is -2.46. The van der Waals surface area contributed by atoms with E-state index in [4.69, 9.17) is 4.74 Å². The molecule has 116 valence electrons. The van der Waals surface area contributed by atoms with Gasteiger partial charge in [-0.1, -0.05) is 30.3 Å². The number of carbonyl (C=O) groups excluding carboxylic acids is 1. The molecule has 0 saturated carbocycles. The third-order valence-electron chi connectivity index (χ3n) is 3.71. The van der Waals surface area contributed by atoms with Crippen LogP contribution in [0.25, 0.3) is 0 Å². The van der Waals surface area contributed by atoms with E-state index in [1.807, 2.05) is 0 Å². The molecule has 21 heavy (non-hydrogen) atoms. The van der Waals surface area contributed by atoms with Gasteiger partial charge in [0, 0.05) is 39.3 Å². The Kier molecular flexibility index (Phi) is 6.66. The highest BCUT2D eigenvalue weighted by atomic mass is 16.6. The van der Waals surface area contributed by atoms with Crippen LogP contribution in [0.1, 0.15) is 5.56 Å². The summed E-state index contributed by atoms with van der Waals surface area (Å²) in [6.07, 6.45) is 0. The van der Waals surface area contributed by atoms with Crippen molar-refractivity contribution in [2.24, 2.45) is 0 Å². The van der Waals surface area contributed by atoms with E-state index >= 15 is 0 Å². The minimum Gasteiger partial charge on any atom is -0.467 e. The van der Waals surface area contributed by atoms with Crippen molar-refractivity contribution in [3.8, 4) is 0 Å². The van der Waals surface area contributed by atoms with E-state index in [1.54, 1.807) is 0 Å². The van der Waals surface area contributed by atoms with E-state index < -0.39 is 0 Å². The number of hydrogen-bond acceptors (Lipinski definition) is 5.